The molecule has 0 spiro atoms. The van der Waals surface area contributed by atoms with Crippen LogP contribution in [0, 0.1) is 6.07 Å². The fourth-order valence-corrected chi connectivity index (χ4v) is 1.56. The van der Waals surface area contributed by atoms with Gasteiger partial charge >= 0.3 is 0 Å². The molecule has 3 nitrogen and oxygen atoms in total. The summed E-state index contributed by atoms with van der Waals surface area (Å²) in [4.78, 5) is 11.2. The molecule has 0 atom stereocenters. The van der Waals surface area contributed by atoms with Gasteiger partial charge in [-0.3, -0.25) is 4.79 Å². The molecule has 0 aliphatic carbocycles. The predicted octanol–water partition coefficient (Wildman–Crippen LogP) is 1.96. The number of phenols is 1. The molecule has 0 aromatic heterocycles. The molecular weight excluding hydrogens is 202 g/mol. The Bertz CT molecular complexity index is 535. The van der Waals surface area contributed by atoms with E-state index in [1.807, 2.05) is 6.07 Å². The highest BCUT2D eigenvalue weighted by Crippen LogP contribution is 2.25. The summed E-state index contributed by atoms with van der Waals surface area (Å²) in [5.41, 5.74) is 7.11. The van der Waals surface area contributed by atoms with Crippen molar-refractivity contribution in [3.63, 3.8) is 0 Å². The van der Waals surface area contributed by atoms with Gasteiger partial charge in [-0.2, -0.15) is 0 Å². The third-order valence-electron chi connectivity index (χ3n) is 2.29. The molecule has 2 aromatic carbocycles. The summed E-state index contributed by atoms with van der Waals surface area (Å²) >= 11 is 0. The third-order valence-corrected chi connectivity index (χ3v) is 2.29. The number of aromatic hydroxyl groups is 1. The number of amides is 1. The quantitative estimate of drug-likeness (QED) is 0.799. The number of phenolic OH excluding ortho intramolecular Hbond substituents is 1. The van der Waals surface area contributed by atoms with Gasteiger partial charge in [0.1, 0.15) is 5.75 Å². The van der Waals surface area contributed by atoms with E-state index in [0.29, 0.717) is 11.1 Å². The average Bonchev–Trinajstić information content (AvgIpc) is 2.29. The van der Waals surface area contributed by atoms with Gasteiger partial charge in [-0.25, -0.2) is 0 Å². The average molecular weight is 212 g/mol. The minimum absolute atomic E-state index is 0.153. The number of nitrogens with two attached hydrogens (primary N) is 1. The van der Waals surface area contributed by atoms with E-state index in [9.17, 15) is 9.90 Å². The standard InChI is InChI=1S/C13H10NO2/c14-13(16)12-7-2-1-6-11(12)9-4-3-5-10(15)8-9/h1,3-8,15H,(H2,14,16). The Balaban J connectivity index is 2.60. The highest BCUT2D eigenvalue weighted by atomic mass is 16.3. The molecule has 1 radical (unpaired) electrons. The van der Waals surface area contributed by atoms with E-state index in [2.05, 4.69) is 6.07 Å². The van der Waals surface area contributed by atoms with E-state index in [-0.39, 0.29) is 5.75 Å². The van der Waals surface area contributed by atoms with Crippen LogP contribution in [0.25, 0.3) is 11.1 Å². The predicted molar refractivity (Wildman–Crippen MR) is 60.9 cm³/mol. The summed E-state index contributed by atoms with van der Waals surface area (Å²) in [6.45, 7) is 0. The van der Waals surface area contributed by atoms with Crippen LogP contribution in [-0.4, -0.2) is 11.0 Å². The molecule has 2 rings (SSSR count). The van der Waals surface area contributed by atoms with Crippen molar-refractivity contribution in [3.8, 4) is 16.9 Å². The number of hydrogen-bond acceptors (Lipinski definition) is 2. The first-order valence-electron chi connectivity index (χ1n) is 4.78. The molecule has 0 aliphatic rings. The van der Waals surface area contributed by atoms with Gasteiger partial charge in [0.15, 0.2) is 0 Å². The van der Waals surface area contributed by atoms with Crippen molar-refractivity contribution in [3.05, 3.63) is 54.1 Å². The largest absolute Gasteiger partial charge is 0.508 e. The third kappa shape index (κ3) is 1.88. The van der Waals surface area contributed by atoms with Crippen LogP contribution in [0.5, 0.6) is 5.75 Å². The molecule has 3 N–H and O–H groups in total. The Morgan fingerprint density at radius 1 is 1.31 bits per heavy atom. The maximum atomic E-state index is 11.2. The smallest absolute Gasteiger partial charge is 0.249 e. The lowest BCUT2D eigenvalue weighted by molar-refractivity contribution is 0.100. The number of primary amides is 1. The van der Waals surface area contributed by atoms with Crippen LogP contribution in [-0.2, 0) is 0 Å². The number of carbonyl (C=O) groups excluding carboxylic acids is 1. The maximum Gasteiger partial charge on any atom is 0.249 e. The van der Waals surface area contributed by atoms with Crippen LogP contribution < -0.4 is 5.73 Å². The normalized spacial score (nSPS) is 10.0. The van der Waals surface area contributed by atoms with Gasteiger partial charge in [0, 0.05) is 5.56 Å². The number of carbonyl (C=O) groups is 1. The molecule has 0 bridgehead atoms. The van der Waals surface area contributed by atoms with Crippen LogP contribution in [0.3, 0.4) is 0 Å². The zero-order chi connectivity index (χ0) is 11.5. The first kappa shape index (κ1) is 10.2. The maximum absolute atomic E-state index is 11.2. The summed E-state index contributed by atoms with van der Waals surface area (Å²) in [6.07, 6.45) is 0. The van der Waals surface area contributed by atoms with E-state index in [1.54, 1.807) is 36.4 Å². The monoisotopic (exact) mass is 212 g/mol. The van der Waals surface area contributed by atoms with Gasteiger partial charge in [0.05, 0.1) is 0 Å². The Morgan fingerprint density at radius 3 is 2.81 bits per heavy atom. The zero-order valence-corrected chi connectivity index (χ0v) is 8.47. The molecule has 3 heteroatoms. The van der Waals surface area contributed by atoms with Crippen molar-refractivity contribution in [2.45, 2.75) is 0 Å². The summed E-state index contributed by atoms with van der Waals surface area (Å²) in [5, 5.41) is 9.38. The van der Waals surface area contributed by atoms with Crippen LogP contribution in [0.4, 0.5) is 0 Å². The van der Waals surface area contributed by atoms with Crippen LogP contribution in [0.15, 0.2) is 42.5 Å². The highest BCUT2D eigenvalue weighted by molar-refractivity contribution is 5.99. The van der Waals surface area contributed by atoms with Crippen LogP contribution in [0.2, 0.25) is 0 Å². The summed E-state index contributed by atoms with van der Waals surface area (Å²) < 4.78 is 0. The Hall–Kier alpha value is -2.29. The Kier molecular flexibility index (Phi) is 2.60. The summed E-state index contributed by atoms with van der Waals surface area (Å²) in [5.74, 6) is -0.351. The van der Waals surface area contributed by atoms with Crippen LogP contribution >= 0.6 is 0 Å². The molecular formula is C13H10NO2. The minimum atomic E-state index is -0.504. The zero-order valence-electron chi connectivity index (χ0n) is 8.47. The summed E-state index contributed by atoms with van der Waals surface area (Å²) in [7, 11) is 0. The summed E-state index contributed by atoms with van der Waals surface area (Å²) in [6, 6.07) is 14.5. The van der Waals surface area contributed by atoms with Crippen molar-refractivity contribution >= 4 is 5.91 Å². The Labute approximate surface area is 93.1 Å². The van der Waals surface area contributed by atoms with Gasteiger partial charge in [0.25, 0.3) is 0 Å². The minimum Gasteiger partial charge on any atom is -0.508 e. The molecule has 16 heavy (non-hydrogen) atoms. The fraction of sp³-hybridized carbons (Fsp3) is 0. The number of rotatable bonds is 2. The lowest BCUT2D eigenvalue weighted by Crippen LogP contribution is -2.12. The fourth-order valence-electron chi connectivity index (χ4n) is 1.56. The van der Waals surface area contributed by atoms with Crippen molar-refractivity contribution in [1.82, 2.24) is 0 Å². The first-order chi connectivity index (χ1) is 7.68. The molecule has 0 aliphatic heterocycles. The van der Waals surface area contributed by atoms with Gasteiger partial charge in [0.2, 0.25) is 5.91 Å². The molecule has 1 amide bonds. The lowest BCUT2D eigenvalue weighted by atomic mass is 9.99. The van der Waals surface area contributed by atoms with Gasteiger partial charge < -0.3 is 10.8 Å². The molecule has 0 saturated heterocycles. The first-order valence-corrected chi connectivity index (χ1v) is 4.78. The topological polar surface area (TPSA) is 63.3 Å². The molecule has 0 heterocycles. The van der Waals surface area contributed by atoms with E-state index in [1.165, 1.54) is 0 Å². The molecule has 0 saturated carbocycles. The second kappa shape index (κ2) is 4.06. The van der Waals surface area contributed by atoms with Crippen molar-refractivity contribution in [1.29, 1.82) is 0 Å². The SMILES string of the molecule is NC(=O)c1c[c]ccc1-c1cccc(O)c1. The highest BCUT2D eigenvalue weighted by Gasteiger charge is 2.09. The Morgan fingerprint density at radius 2 is 2.12 bits per heavy atom. The molecule has 0 fully saturated rings. The van der Waals surface area contributed by atoms with Gasteiger partial charge in [-0.1, -0.05) is 24.3 Å². The second-order valence-corrected chi connectivity index (χ2v) is 3.39. The molecule has 79 valence electrons. The van der Waals surface area contributed by atoms with Crippen molar-refractivity contribution in [2.75, 3.05) is 0 Å². The molecule has 0 unspecified atom stereocenters. The molecule has 2 aromatic rings. The van der Waals surface area contributed by atoms with Crippen molar-refractivity contribution < 1.29 is 9.90 Å². The van der Waals surface area contributed by atoms with E-state index in [0.717, 1.165) is 5.56 Å². The lowest BCUT2D eigenvalue weighted by Gasteiger charge is -2.06. The number of hydrogen-bond donors (Lipinski definition) is 2. The van der Waals surface area contributed by atoms with E-state index in [4.69, 9.17) is 5.73 Å². The van der Waals surface area contributed by atoms with Crippen molar-refractivity contribution in [2.24, 2.45) is 5.73 Å². The second-order valence-electron chi connectivity index (χ2n) is 3.39. The van der Waals surface area contributed by atoms with Crippen LogP contribution in [0.1, 0.15) is 10.4 Å². The van der Waals surface area contributed by atoms with Gasteiger partial charge in [-0.15, -0.1) is 0 Å². The van der Waals surface area contributed by atoms with E-state index < -0.39 is 5.91 Å². The van der Waals surface area contributed by atoms with E-state index >= 15 is 0 Å². The van der Waals surface area contributed by atoms with Gasteiger partial charge in [-0.05, 0) is 35.4 Å². The number of benzene rings is 2.